The average molecular weight is 190 g/mol. The van der Waals surface area contributed by atoms with Gasteiger partial charge in [-0.25, -0.2) is 0 Å². The third-order valence-corrected chi connectivity index (χ3v) is 2.59. The van der Waals surface area contributed by atoms with E-state index in [0.29, 0.717) is 0 Å². The van der Waals surface area contributed by atoms with Crippen LogP contribution in [-0.4, -0.2) is 0 Å². The van der Waals surface area contributed by atoms with E-state index in [1.54, 1.807) is 6.26 Å². The maximum Gasteiger partial charge on any atom is 0.103 e. The van der Waals surface area contributed by atoms with Crippen molar-refractivity contribution < 1.29 is 4.42 Å². The first-order valence-corrected chi connectivity index (χ1v) is 4.96. The molecule has 0 radical (unpaired) electrons. The van der Waals surface area contributed by atoms with Crippen molar-refractivity contribution in [2.24, 2.45) is 0 Å². The van der Waals surface area contributed by atoms with Crippen LogP contribution in [0.15, 0.2) is 40.0 Å². The van der Waals surface area contributed by atoms with Crippen LogP contribution >= 0.6 is 0 Å². The monoisotopic (exact) mass is 190 g/mol. The SMILES string of the molecule is CC1=CCC=C1C.Cc1ccoc1C. The predicted molar refractivity (Wildman–Crippen MR) is 60.3 cm³/mol. The summed E-state index contributed by atoms with van der Waals surface area (Å²) in [5, 5.41) is 0. The van der Waals surface area contributed by atoms with Crippen molar-refractivity contribution in [3.8, 4) is 0 Å². The van der Waals surface area contributed by atoms with Crippen LogP contribution in [0.2, 0.25) is 0 Å². The van der Waals surface area contributed by atoms with Crippen LogP contribution in [0.3, 0.4) is 0 Å². The Hall–Kier alpha value is -1.24. The van der Waals surface area contributed by atoms with Crippen LogP contribution in [0.25, 0.3) is 0 Å². The summed E-state index contributed by atoms with van der Waals surface area (Å²) >= 11 is 0. The molecule has 0 saturated carbocycles. The van der Waals surface area contributed by atoms with E-state index >= 15 is 0 Å². The molecule has 0 unspecified atom stereocenters. The van der Waals surface area contributed by atoms with Crippen LogP contribution < -0.4 is 0 Å². The zero-order chi connectivity index (χ0) is 10.6. The van der Waals surface area contributed by atoms with Gasteiger partial charge in [0.2, 0.25) is 0 Å². The number of hydrogen-bond donors (Lipinski definition) is 0. The van der Waals surface area contributed by atoms with Crippen molar-refractivity contribution in [2.45, 2.75) is 34.1 Å². The molecule has 1 aliphatic rings. The van der Waals surface area contributed by atoms with Gasteiger partial charge in [-0.3, -0.25) is 0 Å². The fraction of sp³-hybridized carbons (Fsp3) is 0.385. The molecule has 0 aromatic carbocycles. The van der Waals surface area contributed by atoms with Gasteiger partial charge in [-0.1, -0.05) is 23.3 Å². The predicted octanol–water partition coefficient (Wildman–Crippen LogP) is 4.18. The van der Waals surface area contributed by atoms with Crippen molar-refractivity contribution >= 4 is 0 Å². The van der Waals surface area contributed by atoms with Crippen LogP contribution in [0.5, 0.6) is 0 Å². The standard InChI is InChI=1S/C7H10.C6H8O/c1-6-4-3-5-7(6)2;1-5-3-4-7-6(5)2/h4-5H,3H2,1-2H3;3-4H,1-2H3. The molecule has 1 nitrogen and oxygen atoms in total. The van der Waals surface area contributed by atoms with Gasteiger partial charge >= 0.3 is 0 Å². The Bertz CT molecular complexity index is 321. The molecule has 1 aromatic rings. The van der Waals surface area contributed by atoms with Gasteiger partial charge in [-0.15, -0.1) is 0 Å². The maximum absolute atomic E-state index is 4.96. The minimum Gasteiger partial charge on any atom is -0.469 e. The van der Waals surface area contributed by atoms with Crippen LogP contribution in [0.4, 0.5) is 0 Å². The van der Waals surface area contributed by atoms with Gasteiger partial charge in [-0.05, 0) is 45.7 Å². The summed E-state index contributed by atoms with van der Waals surface area (Å²) < 4.78 is 4.96. The first-order chi connectivity index (χ1) is 6.61. The first kappa shape index (κ1) is 10.8. The summed E-state index contributed by atoms with van der Waals surface area (Å²) in [6.07, 6.45) is 7.34. The molecule has 0 fully saturated rings. The topological polar surface area (TPSA) is 13.1 Å². The molecule has 0 spiro atoms. The number of furan rings is 1. The molecule has 1 aliphatic carbocycles. The maximum atomic E-state index is 4.96. The van der Waals surface area contributed by atoms with E-state index in [2.05, 4.69) is 26.0 Å². The highest BCUT2D eigenvalue weighted by atomic mass is 16.3. The molecule has 1 heterocycles. The molecule has 0 N–H and O–H groups in total. The Morgan fingerprint density at radius 2 is 1.57 bits per heavy atom. The van der Waals surface area contributed by atoms with Crippen molar-refractivity contribution in [3.05, 3.63) is 47.0 Å². The Balaban J connectivity index is 0.000000140. The molecule has 0 saturated heterocycles. The lowest BCUT2D eigenvalue weighted by Gasteiger charge is -1.87. The highest BCUT2D eigenvalue weighted by molar-refractivity contribution is 5.33. The van der Waals surface area contributed by atoms with E-state index in [1.807, 2.05) is 19.9 Å². The Morgan fingerprint density at radius 1 is 1.00 bits per heavy atom. The van der Waals surface area contributed by atoms with Gasteiger partial charge < -0.3 is 4.42 Å². The van der Waals surface area contributed by atoms with Crippen LogP contribution in [-0.2, 0) is 0 Å². The van der Waals surface area contributed by atoms with Gasteiger partial charge in [0.05, 0.1) is 6.26 Å². The first-order valence-electron chi connectivity index (χ1n) is 4.96. The largest absolute Gasteiger partial charge is 0.469 e. The summed E-state index contributed by atoms with van der Waals surface area (Å²) in [5.74, 6) is 1.01. The zero-order valence-electron chi connectivity index (χ0n) is 9.42. The van der Waals surface area contributed by atoms with Crippen LogP contribution in [0.1, 0.15) is 31.6 Å². The quantitative estimate of drug-likeness (QED) is 0.598. The second kappa shape index (κ2) is 4.85. The van der Waals surface area contributed by atoms with Gasteiger partial charge in [-0.2, -0.15) is 0 Å². The highest BCUT2D eigenvalue weighted by Crippen LogP contribution is 2.16. The van der Waals surface area contributed by atoms with E-state index in [4.69, 9.17) is 4.42 Å². The fourth-order valence-electron chi connectivity index (χ4n) is 1.18. The van der Waals surface area contributed by atoms with E-state index in [-0.39, 0.29) is 0 Å². The van der Waals surface area contributed by atoms with E-state index in [9.17, 15) is 0 Å². The normalized spacial score (nSPS) is 14.3. The van der Waals surface area contributed by atoms with E-state index in [0.717, 1.165) is 12.2 Å². The molecule has 0 atom stereocenters. The van der Waals surface area contributed by atoms with Crippen molar-refractivity contribution in [1.29, 1.82) is 0 Å². The molecule has 0 bridgehead atoms. The molecular formula is C13H18O. The van der Waals surface area contributed by atoms with Crippen molar-refractivity contribution in [3.63, 3.8) is 0 Å². The molecule has 0 amide bonds. The summed E-state index contributed by atoms with van der Waals surface area (Å²) in [5.41, 5.74) is 4.11. The molecule has 0 aliphatic heterocycles. The third kappa shape index (κ3) is 2.91. The van der Waals surface area contributed by atoms with Gasteiger partial charge in [0.25, 0.3) is 0 Å². The molecule has 76 valence electrons. The minimum atomic E-state index is 1.01. The number of hydrogen-bond acceptors (Lipinski definition) is 1. The highest BCUT2D eigenvalue weighted by Gasteiger charge is 1.95. The second-order valence-corrected chi connectivity index (χ2v) is 3.67. The zero-order valence-corrected chi connectivity index (χ0v) is 9.42. The third-order valence-electron chi connectivity index (χ3n) is 2.59. The fourth-order valence-corrected chi connectivity index (χ4v) is 1.18. The molecule has 1 heteroatoms. The summed E-state index contributed by atoms with van der Waals surface area (Å²) in [6.45, 7) is 8.28. The van der Waals surface area contributed by atoms with E-state index < -0.39 is 0 Å². The van der Waals surface area contributed by atoms with Gasteiger partial charge in [0.15, 0.2) is 0 Å². The Morgan fingerprint density at radius 3 is 1.71 bits per heavy atom. The van der Waals surface area contributed by atoms with Crippen LogP contribution in [0, 0.1) is 13.8 Å². The van der Waals surface area contributed by atoms with Crippen molar-refractivity contribution in [2.75, 3.05) is 0 Å². The Labute approximate surface area is 86.1 Å². The number of allylic oxidation sites excluding steroid dienone is 4. The van der Waals surface area contributed by atoms with Gasteiger partial charge in [0, 0.05) is 0 Å². The molecular weight excluding hydrogens is 172 g/mol. The second-order valence-electron chi connectivity index (χ2n) is 3.67. The average Bonchev–Trinajstić information content (AvgIpc) is 2.67. The van der Waals surface area contributed by atoms with E-state index in [1.165, 1.54) is 16.7 Å². The lowest BCUT2D eigenvalue weighted by atomic mass is 10.2. The molecule has 2 rings (SSSR count). The summed E-state index contributed by atoms with van der Waals surface area (Å²) in [6, 6.07) is 1.95. The summed E-state index contributed by atoms with van der Waals surface area (Å²) in [4.78, 5) is 0. The smallest absolute Gasteiger partial charge is 0.103 e. The molecule has 1 aromatic heterocycles. The minimum absolute atomic E-state index is 1.01. The van der Waals surface area contributed by atoms with Crippen molar-refractivity contribution in [1.82, 2.24) is 0 Å². The summed E-state index contributed by atoms with van der Waals surface area (Å²) in [7, 11) is 0. The number of aryl methyl sites for hydroxylation is 2. The lowest BCUT2D eigenvalue weighted by Crippen LogP contribution is -1.67. The number of rotatable bonds is 0. The Kier molecular flexibility index (Phi) is 3.75. The lowest BCUT2D eigenvalue weighted by molar-refractivity contribution is 0.532. The van der Waals surface area contributed by atoms with Gasteiger partial charge in [0.1, 0.15) is 5.76 Å². The molecule has 14 heavy (non-hydrogen) atoms.